The van der Waals surface area contributed by atoms with Gasteiger partial charge in [-0.25, -0.2) is 4.68 Å². The topological polar surface area (TPSA) is 46.9 Å². The van der Waals surface area contributed by atoms with E-state index in [1.165, 1.54) is 0 Å². The Morgan fingerprint density at radius 3 is 2.61 bits per heavy atom. The molecule has 0 unspecified atom stereocenters. The van der Waals surface area contributed by atoms with Gasteiger partial charge in [-0.1, -0.05) is 18.2 Å². The third-order valence-corrected chi connectivity index (χ3v) is 6.00. The lowest BCUT2D eigenvalue weighted by Crippen LogP contribution is -2.27. The number of fused-ring (bicyclic) bond motifs is 1. The number of nitrogens with zero attached hydrogens (tertiary/aromatic N) is 2. The van der Waals surface area contributed by atoms with Crippen molar-refractivity contribution < 1.29 is 4.79 Å². The molecule has 1 aromatic carbocycles. The lowest BCUT2D eigenvalue weighted by Gasteiger charge is -2.15. The molecular formula is C17H17Cl2N3O. The summed E-state index contributed by atoms with van der Waals surface area (Å²) in [7, 11) is 0. The number of hydrogen-bond acceptors (Lipinski definition) is 2. The van der Waals surface area contributed by atoms with Crippen LogP contribution >= 0.6 is 23.2 Å². The molecule has 4 nitrogen and oxygen atoms in total. The molecule has 1 fully saturated rings. The first-order chi connectivity index (χ1) is 10.9. The van der Waals surface area contributed by atoms with Crippen LogP contribution in [0.2, 0.25) is 0 Å². The van der Waals surface area contributed by atoms with Crippen LogP contribution in [0.5, 0.6) is 0 Å². The maximum atomic E-state index is 12.7. The molecule has 0 bridgehead atoms. The number of aromatic nitrogens is 2. The van der Waals surface area contributed by atoms with Crippen molar-refractivity contribution in [3.63, 3.8) is 0 Å². The molecule has 0 saturated heterocycles. The van der Waals surface area contributed by atoms with Crippen LogP contribution in [0, 0.1) is 5.41 Å². The molecule has 120 valence electrons. The minimum absolute atomic E-state index is 0.144. The Labute approximate surface area is 144 Å². The van der Waals surface area contributed by atoms with Crippen molar-refractivity contribution in [2.75, 3.05) is 5.32 Å². The van der Waals surface area contributed by atoms with Gasteiger partial charge < -0.3 is 5.32 Å². The van der Waals surface area contributed by atoms with Crippen LogP contribution in [0.3, 0.4) is 0 Å². The zero-order valence-electron chi connectivity index (χ0n) is 12.8. The monoisotopic (exact) mass is 349 g/mol. The third kappa shape index (κ3) is 2.27. The smallest absolute Gasteiger partial charge is 0.234 e. The van der Waals surface area contributed by atoms with Gasteiger partial charge in [-0.15, -0.1) is 23.2 Å². The molecule has 0 radical (unpaired) electrons. The Balaban J connectivity index is 1.72. The number of amides is 1. The van der Waals surface area contributed by atoms with Crippen LogP contribution in [0.25, 0.3) is 5.69 Å². The van der Waals surface area contributed by atoms with Crippen molar-refractivity contribution in [2.45, 2.75) is 36.9 Å². The number of alkyl halides is 2. The second kappa shape index (κ2) is 4.99. The van der Waals surface area contributed by atoms with E-state index in [1.807, 2.05) is 35.0 Å². The molecule has 4 rings (SSSR count). The van der Waals surface area contributed by atoms with E-state index in [4.69, 9.17) is 23.2 Å². The van der Waals surface area contributed by atoms with Gasteiger partial charge >= 0.3 is 0 Å². The summed E-state index contributed by atoms with van der Waals surface area (Å²) in [5.41, 5.74) is 2.38. The van der Waals surface area contributed by atoms with Gasteiger partial charge in [0.15, 0.2) is 0 Å². The fourth-order valence-corrected chi connectivity index (χ4v) is 3.87. The van der Waals surface area contributed by atoms with Crippen LogP contribution in [-0.2, 0) is 17.6 Å². The fourth-order valence-electron chi connectivity index (χ4n) is 3.17. The number of carbonyl (C=O) groups is 1. The van der Waals surface area contributed by atoms with E-state index in [2.05, 4.69) is 10.4 Å². The number of anilines is 1. The number of para-hydroxylation sites is 1. The second-order valence-corrected chi connectivity index (χ2v) is 8.03. The van der Waals surface area contributed by atoms with Crippen molar-refractivity contribution in [3.8, 4) is 5.69 Å². The fraction of sp³-hybridized carbons (Fsp3) is 0.412. The normalized spacial score (nSPS) is 24.3. The Hall–Kier alpha value is -1.52. The molecule has 2 aromatic rings. The highest BCUT2D eigenvalue weighted by Crippen LogP contribution is 2.64. The predicted octanol–water partition coefficient (Wildman–Crippen LogP) is 3.88. The van der Waals surface area contributed by atoms with E-state index in [1.54, 1.807) is 6.92 Å². The molecule has 1 saturated carbocycles. The zero-order chi connectivity index (χ0) is 16.2. The standard InChI is InChI=1S/C17H17Cl2N3O/c1-16(10-17(16,18)19)15(23)20-14-12-8-5-9-13(12)21-22(14)11-6-3-2-4-7-11/h2-4,6-7H,5,8-10H2,1H3,(H,20,23)/t16-/m1/s1. The molecule has 1 heterocycles. The van der Waals surface area contributed by atoms with Gasteiger partial charge in [0.2, 0.25) is 5.91 Å². The van der Waals surface area contributed by atoms with Crippen LogP contribution in [0.4, 0.5) is 5.82 Å². The summed E-state index contributed by atoms with van der Waals surface area (Å²) in [5, 5.41) is 7.73. The number of rotatable bonds is 3. The maximum absolute atomic E-state index is 12.7. The van der Waals surface area contributed by atoms with E-state index in [0.29, 0.717) is 6.42 Å². The number of nitrogens with one attached hydrogen (secondary N) is 1. The first kappa shape index (κ1) is 15.0. The first-order valence-corrected chi connectivity index (χ1v) is 8.53. The van der Waals surface area contributed by atoms with Crippen LogP contribution in [0.1, 0.15) is 31.0 Å². The van der Waals surface area contributed by atoms with Gasteiger partial charge in [0, 0.05) is 5.56 Å². The molecule has 6 heteroatoms. The van der Waals surface area contributed by atoms with Crippen molar-refractivity contribution in [1.29, 1.82) is 0 Å². The van der Waals surface area contributed by atoms with Gasteiger partial charge in [0.05, 0.1) is 16.8 Å². The Morgan fingerprint density at radius 2 is 1.96 bits per heavy atom. The van der Waals surface area contributed by atoms with E-state index < -0.39 is 9.75 Å². The maximum Gasteiger partial charge on any atom is 0.234 e. The van der Waals surface area contributed by atoms with Crippen molar-refractivity contribution in [2.24, 2.45) is 5.41 Å². The highest BCUT2D eigenvalue weighted by atomic mass is 35.5. The predicted molar refractivity (Wildman–Crippen MR) is 91.4 cm³/mol. The zero-order valence-corrected chi connectivity index (χ0v) is 14.3. The number of benzene rings is 1. The van der Waals surface area contributed by atoms with Crippen molar-refractivity contribution in [3.05, 3.63) is 41.6 Å². The Morgan fingerprint density at radius 1 is 1.26 bits per heavy atom. The van der Waals surface area contributed by atoms with Crippen molar-refractivity contribution >= 4 is 34.9 Å². The highest BCUT2D eigenvalue weighted by molar-refractivity contribution is 6.53. The highest BCUT2D eigenvalue weighted by Gasteiger charge is 2.68. The molecule has 1 aromatic heterocycles. The molecule has 2 aliphatic rings. The Kier molecular flexibility index (Phi) is 3.26. The molecular weight excluding hydrogens is 333 g/mol. The SMILES string of the molecule is C[C@]1(C(=O)Nc2c3c(nn2-c2ccccc2)CCC3)CC1(Cl)Cl. The molecule has 1 amide bonds. The average Bonchev–Trinajstić information content (AvgIpc) is 2.89. The summed E-state index contributed by atoms with van der Waals surface area (Å²) in [6, 6.07) is 9.82. The second-order valence-electron chi connectivity index (χ2n) is 6.54. The van der Waals surface area contributed by atoms with Crippen molar-refractivity contribution in [1.82, 2.24) is 9.78 Å². The van der Waals surface area contributed by atoms with Gasteiger partial charge in [-0.05, 0) is 44.7 Å². The summed E-state index contributed by atoms with van der Waals surface area (Å²) in [6.07, 6.45) is 3.42. The molecule has 1 N–H and O–H groups in total. The van der Waals surface area contributed by atoms with Gasteiger partial charge in [-0.2, -0.15) is 5.10 Å². The number of halogens is 2. The van der Waals surface area contributed by atoms with Crippen LogP contribution < -0.4 is 5.32 Å². The molecule has 2 aliphatic carbocycles. The minimum Gasteiger partial charge on any atom is -0.310 e. The summed E-state index contributed by atoms with van der Waals surface area (Å²) in [6.45, 7) is 1.80. The summed E-state index contributed by atoms with van der Waals surface area (Å²) < 4.78 is 0.843. The first-order valence-electron chi connectivity index (χ1n) is 7.78. The average molecular weight is 350 g/mol. The Bertz CT molecular complexity index is 785. The van der Waals surface area contributed by atoms with Crippen LogP contribution in [-0.4, -0.2) is 20.0 Å². The molecule has 23 heavy (non-hydrogen) atoms. The quantitative estimate of drug-likeness (QED) is 0.854. The largest absolute Gasteiger partial charge is 0.310 e. The molecule has 1 atom stereocenters. The van der Waals surface area contributed by atoms with E-state index >= 15 is 0 Å². The number of carbonyl (C=O) groups excluding carboxylic acids is 1. The van der Waals surface area contributed by atoms with Crippen LogP contribution in [0.15, 0.2) is 30.3 Å². The third-order valence-electron chi connectivity index (χ3n) is 4.90. The lowest BCUT2D eigenvalue weighted by atomic mass is 10.1. The number of hydrogen-bond donors (Lipinski definition) is 1. The molecule has 0 aliphatic heterocycles. The molecule has 0 spiro atoms. The van der Waals surface area contributed by atoms with E-state index in [0.717, 1.165) is 42.0 Å². The summed E-state index contributed by atoms with van der Waals surface area (Å²) >= 11 is 12.3. The van der Waals surface area contributed by atoms with E-state index in [9.17, 15) is 4.79 Å². The van der Waals surface area contributed by atoms with Gasteiger partial charge in [0.25, 0.3) is 0 Å². The summed E-state index contributed by atoms with van der Waals surface area (Å²) in [4.78, 5) is 12.7. The van der Waals surface area contributed by atoms with E-state index in [-0.39, 0.29) is 5.91 Å². The minimum atomic E-state index is -0.974. The van der Waals surface area contributed by atoms with Gasteiger partial charge in [-0.3, -0.25) is 4.79 Å². The summed E-state index contributed by atoms with van der Waals surface area (Å²) in [5.74, 6) is 0.611. The van der Waals surface area contributed by atoms with Gasteiger partial charge in [0.1, 0.15) is 10.2 Å². The number of aryl methyl sites for hydroxylation is 1. The lowest BCUT2D eigenvalue weighted by molar-refractivity contribution is -0.120.